The zero-order valence-electron chi connectivity index (χ0n) is 17.4. The van der Waals surface area contributed by atoms with Crippen molar-refractivity contribution in [1.82, 2.24) is 0 Å². The van der Waals surface area contributed by atoms with E-state index in [9.17, 15) is 21.6 Å². The minimum atomic E-state index is -4.63. The van der Waals surface area contributed by atoms with E-state index in [1.807, 2.05) is 43.3 Å². The smallest absolute Gasteiger partial charge is 0.309 e. The minimum Gasteiger partial charge on any atom is -0.309 e. The number of sulfonamides is 1. The molecular formula is C24H23F3N2O2S. The predicted molar refractivity (Wildman–Crippen MR) is 120 cm³/mol. The number of hydrogen-bond acceptors (Lipinski definition) is 3. The third kappa shape index (κ3) is 6.20. The lowest BCUT2D eigenvalue weighted by molar-refractivity contribution is -0.137. The van der Waals surface area contributed by atoms with Crippen LogP contribution in [-0.2, 0) is 22.6 Å². The normalized spacial score (nSPS) is 12.9. The molecule has 4 nitrogen and oxygen atoms in total. The Bertz CT molecular complexity index is 1190. The number of halogens is 3. The zero-order valence-corrected chi connectivity index (χ0v) is 18.2. The van der Waals surface area contributed by atoms with Crippen LogP contribution in [0.3, 0.4) is 0 Å². The fourth-order valence-electron chi connectivity index (χ4n) is 3.36. The predicted octanol–water partition coefficient (Wildman–Crippen LogP) is 6.26. The van der Waals surface area contributed by atoms with Gasteiger partial charge in [-0.1, -0.05) is 55.5 Å². The monoisotopic (exact) mass is 460 g/mol. The van der Waals surface area contributed by atoms with Crippen LogP contribution in [0, 0.1) is 5.41 Å². The van der Waals surface area contributed by atoms with Crippen molar-refractivity contribution in [3.63, 3.8) is 0 Å². The van der Waals surface area contributed by atoms with Gasteiger partial charge in [-0.2, -0.15) is 13.2 Å². The summed E-state index contributed by atoms with van der Waals surface area (Å²) in [5.41, 5.74) is 1.65. The van der Waals surface area contributed by atoms with Crippen LogP contribution in [0.2, 0.25) is 0 Å². The first-order valence-electron chi connectivity index (χ1n) is 9.95. The van der Waals surface area contributed by atoms with Gasteiger partial charge in [0.05, 0.1) is 10.5 Å². The van der Waals surface area contributed by atoms with Gasteiger partial charge in [0.25, 0.3) is 10.0 Å². The first-order chi connectivity index (χ1) is 15.0. The average Bonchev–Trinajstić information content (AvgIpc) is 2.74. The Labute approximate surface area is 185 Å². The summed E-state index contributed by atoms with van der Waals surface area (Å²) >= 11 is 0. The molecule has 0 aliphatic heterocycles. The summed E-state index contributed by atoms with van der Waals surface area (Å²) in [6, 6.07) is 20.0. The van der Waals surface area contributed by atoms with Gasteiger partial charge in [-0.3, -0.25) is 4.72 Å². The second-order valence-corrected chi connectivity index (χ2v) is 9.31. The number of benzene rings is 3. The first kappa shape index (κ1) is 23.5. The van der Waals surface area contributed by atoms with E-state index in [0.717, 1.165) is 29.3 Å². The Morgan fingerprint density at radius 1 is 0.969 bits per heavy atom. The third-order valence-electron chi connectivity index (χ3n) is 4.99. The summed E-state index contributed by atoms with van der Waals surface area (Å²) in [7, 11) is -4.19. The number of alkyl halides is 3. The molecule has 0 fully saturated rings. The van der Waals surface area contributed by atoms with Crippen LogP contribution >= 0.6 is 0 Å². The van der Waals surface area contributed by atoms with Gasteiger partial charge in [0.2, 0.25) is 0 Å². The highest BCUT2D eigenvalue weighted by Crippen LogP contribution is 2.31. The highest BCUT2D eigenvalue weighted by molar-refractivity contribution is 7.92. The van der Waals surface area contributed by atoms with Crippen LogP contribution in [0.1, 0.15) is 36.0 Å². The van der Waals surface area contributed by atoms with Crippen LogP contribution in [0.5, 0.6) is 0 Å². The second-order valence-electron chi connectivity index (χ2n) is 7.63. The van der Waals surface area contributed by atoms with Crippen molar-refractivity contribution in [2.75, 3.05) is 4.72 Å². The second kappa shape index (κ2) is 9.56. The molecule has 3 rings (SSSR count). The van der Waals surface area contributed by atoms with Crippen molar-refractivity contribution in [2.24, 2.45) is 0 Å². The lowest BCUT2D eigenvalue weighted by Gasteiger charge is -2.15. The molecule has 0 radical (unpaired) electrons. The summed E-state index contributed by atoms with van der Waals surface area (Å²) in [4.78, 5) is -0.463. The molecule has 3 aromatic carbocycles. The summed E-state index contributed by atoms with van der Waals surface area (Å²) in [5, 5.41) is 8.28. The number of hydrogen-bond donors (Lipinski definition) is 2. The SMILES string of the molecule is C[C@@H](CC(=N)Cc1ccccc1)c1cccc(NS(=O)(=O)c2cccc(C(F)(F)F)c2)c1. The van der Waals surface area contributed by atoms with E-state index in [4.69, 9.17) is 5.41 Å². The van der Waals surface area contributed by atoms with E-state index in [2.05, 4.69) is 4.72 Å². The number of nitrogens with one attached hydrogen (secondary N) is 2. The molecule has 3 aromatic rings. The van der Waals surface area contributed by atoms with E-state index < -0.39 is 26.7 Å². The largest absolute Gasteiger partial charge is 0.416 e. The highest BCUT2D eigenvalue weighted by Gasteiger charge is 2.31. The molecular weight excluding hydrogens is 437 g/mol. The number of anilines is 1. The lowest BCUT2D eigenvalue weighted by Crippen LogP contribution is -2.15. The van der Waals surface area contributed by atoms with Gasteiger partial charge in [-0.15, -0.1) is 0 Å². The fraction of sp³-hybridized carbons (Fsp3) is 0.208. The maximum absolute atomic E-state index is 12.9. The molecule has 0 heterocycles. The van der Waals surface area contributed by atoms with Gasteiger partial charge in [0.1, 0.15) is 0 Å². The molecule has 0 aliphatic carbocycles. The third-order valence-corrected chi connectivity index (χ3v) is 6.37. The zero-order chi connectivity index (χ0) is 23.4. The van der Waals surface area contributed by atoms with Crippen molar-refractivity contribution in [2.45, 2.75) is 36.8 Å². The standard InChI is InChI=1S/C24H23F3N2O2S/c1-17(13-21(28)14-18-7-3-2-4-8-18)19-9-5-11-22(15-19)29-32(30,31)23-12-6-10-20(16-23)24(25,26)27/h2-12,15-17,28-29H,13-14H2,1H3/t17-/m0/s1. The fourth-order valence-corrected chi connectivity index (χ4v) is 4.46. The van der Waals surface area contributed by atoms with E-state index in [0.29, 0.717) is 24.6 Å². The van der Waals surface area contributed by atoms with E-state index in [1.165, 1.54) is 6.07 Å². The molecule has 0 aromatic heterocycles. The van der Waals surface area contributed by atoms with Gasteiger partial charge in [0.15, 0.2) is 0 Å². The van der Waals surface area contributed by atoms with E-state index >= 15 is 0 Å². The van der Waals surface area contributed by atoms with Crippen LogP contribution in [0.15, 0.2) is 83.8 Å². The molecule has 2 N–H and O–H groups in total. The van der Waals surface area contributed by atoms with Crippen molar-refractivity contribution < 1.29 is 21.6 Å². The topological polar surface area (TPSA) is 70.0 Å². The molecule has 0 unspecified atom stereocenters. The van der Waals surface area contributed by atoms with Crippen LogP contribution in [0.25, 0.3) is 0 Å². The molecule has 0 saturated carbocycles. The van der Waals surface area contributed by atoms with Gasteiger partial charge < -0.3 is 5.41 Å². The Morgan fingerprint density at radius 2 is 1.66 bits per heavy atom. The Hall–Kier alpha value is -3.13. The van der Waals surface area contributed by atoms with Crippen molar-refractivity contribution >= 4 is 21.4 Å². The summed E-state index contributed by atoms with van der Waals surface area (Å²) in [6.07, 6.45) is -3.60. The summed E-state index contributed by atoms with van der Waals surface area (Å²) in [5.74, 6) is -0.0378. The summed E-state index contributed by atoms with van der Waals surface area (Å²) in [6.45, 7) is 1.94. The molecule has 0 aliphatic rings. The molecule has 1 atom stereocenters. The Kier molecular flexibility index (Phi) is 7.03. The quantitative estimate of drug-likeness (QED) is 0.390. The maximum atomic E-state index is 12.9. The van der Waals surface area contributed by atoms with Crippen LogP contribution < -0.4 is 4.72 Å². The Balaban J connectivity index is 1.72. The van der Waals surface area contributed by atoms with Crippen molar-refractivity contribution in [3.8, 4) is 0 Å². The molecule has 8 heteroatoms. The molecule has 0 amide bonds. The van der Waals surface area contributed by atoms with Crippen LogP contribution in [0.4, 0.5) is 18.9 Å². The molecule has 0 bridgehead atoms. The molecule has 0 spiro atoms. The number of rotatable bonds is 8. The maximum Gasteiger partial charge on any atom is 0.416 e. The van der Waals surface area contributed by atoms with E-state index in [-0.39, 0.29) is 11.6 Å². The van der Waals surface area contributed by atoms with E-state index in [1.54, 1.807) is 12.1 Å². The van der Waals surface area contributed by atoms with Gasteiger partial charge in [-0.25, -0.2) is 8.42 Å². The first-order valence-corrected chi connectivity index (χ1v) is 11.4. The van der Waals surface area contributed by atoms with Gasteiger partial charge in [-0.05, 0) is 53.8 Å². The molecule has 0 saturated heterocycles. The molecule has 168 valence electrons. The highest BCUT2D eigenvalue weighted by atomic mass is 32.2. The van der Waals surface area contributed by atoms with Crippen molar-refractivity contribution in [3.05, 3.63) is 95.6 Å². The van der Waals surface area contributed by atoms with Gasteiger partial charge in [0, 0.05) is 17.8 Å². The average molecular weight is 461 g/mol. The summed E-state index contributed by atoms with van der Waals surface area (Å²) < 4.78 is 66.4. The minimum absolute atomic E-state index is 0.0378. The lowest BCUT2D eigenvalue weighted by atomic mass is 9.93. The van der Waals surface area contributed by atoms with Gasteiger partial charge >= 0.3 is 6.18 Å². The molecule has 32 heavy (non-hydrogen) atoms. The Morgan fingerprint density at radius 3 is 2.34 bits per heavy atom. The van der Waals surface area contributed by atoms with Crippen molar-refractivity contribution in [1.29, 1.82) is 5.41 Å². The van der Waals surface area contributed by atoms with Crippen LogP contribution in [-0.4, -0.2) is 14.1 Å².